The van der Waals surface area contributed by atoms with Crippen LogP contribution in [0.2, 0.25) is 0 Å². The van der Waals surface area contributed by atoms with Crippen LogP contribution in [0.4, 0.5) is 21.7 Å². The maximum atomic E-state index is 14.6. The lowest BCUT2D eigenvalue weighted by Crippen LogP contribution is -2.08. The molecule has 1 atom stereocenters. The second-order valence-electron chi connectivity index (χ2n) is 8.04. The van der Waals surface area contributed by atoms with Gasteiger partial charge in [-0.05, 0) is 49.1 Å². The summed E-state index contributed by atoms with van der Waals surface area (Å²) >= 11 is 0. The van der Waals surface area contributed by atoms with Crippen LogP contribution in [0.5, 0.6) is 5.75 Å². The second-order valence-corrected chi connectivity index (χ2v) is 10.3. The van der Waals surface area contributed by atoms with E-state index in [4.69, 9.17) is 9.52 Å². The van der Waals surface area contributed by atoms with Gasteiger partial charge in [-0.3, -0.25) is 4.78 Å². The number of aromatic nitrogens is 2. The average Bonchev–Trinajstić information content (AvgIpc) is 2.71. The summed E-state index contributed by atoms with van der Waals surface area (Å²) in [5, 5.41) is 6.51. The smallest absolute Gasteiger partial charge is 0.227 e. The Morgan fingerprint density at radius 2 is 2.06 bits per heavy atom. The van der Waals surface area contributed by atoms with E-state index >= 15 is 0 Å². The molecule has 2 heterocycles. The fourth-order valence-electron chi connectivity index (χ4n) is 3.58. The second kappa shape index (κ2) is 9.12. The Hall–Kier alpha value is -3.20. The number of hydrogen-bond donors (Lipinski definition) is 3. The maximum Gasteiger partial charge on any atom is 0.227 e. The van der Waals surface area contributed by atoms with Gasteiger partial charge in [-0.15, -0.1) is 0 Å². The van der Waals surface area contributed by atoms with E-state index in [2.05, 4.69) is 20.6 Å². The number of hydrogen-bond acceptors (Lipinski definition) is 7. The molecule has 1 aromatic heterocycles. The Morgan fingerprint density at radius 1 is 1.22 bits per heavy atom. The summed E-state index contributed by atoms with van der Waals surface area (Å²) < 4.78 is 40.4. The van der Waals surface area contributed by atoms with Crippen LogP contribution >= 0.6 is 0 Å². The minimum atomic E-state index is -2.73. The Bertz CT molecular complexity index is 1250. The number of ether oxygens (including phenoxy) is 1. The van der Waals surface area contributed by atoms with Gasteiger partial charge in [0.15, 0.2) is 5.82 Å². The van der Waals surface area contributed by atoms with Crippen LogP contribution in [0.1, 0.15) is 24.0 Å². The molecule has 1 aliphatic rings. The Labute approximate surface area is 187 Å². The molecule has 1 unspecified atom stereocenters. The first kappa shape index (κ1) is 22.0. The zero-order valence-corrected chi connectivity index (χ0v) is 18.9. The molecule has 0 fully saturated rings. The van der Waals surface area contributed by atoms with Gasteiger partial charge in [0, 0.05) is 45.5 Å². The first-order chi connectivity index (χ1) is 15.3. The van der Waals surface area contributed by atoms with Gasteiger partial charge in [0.1, 0.15) is 11.4 Å². The van der Waals surface area contributed by atoms with Crippen LogP contribution in [0, 0.1) is 17.5 Å². The van der Waals surface area contributed by atoms with Gasteiger partial charge >= 0.3 is 0 Å². The summed E-state index contributed by atoms with van der Waals surface area (Å²) in [6, 6.07) is 11.1. The van der Waals surface area contributed by atoms with Crippen LogP contribution in [0.25, 0.3) is 11.3 Å². The summed E-state index contributed by atoms with van der Waals surface area (Å²) in [4.78, 5) is 8.48. The monoisotopic (exact) mass is 455 g/mol. The molecule has 168 valence electrons. The van der Waals surface area contributed by atoms with E-state index < -0.39 is 15.5 Å². The molecular formula is C23H26FN5O2S. The maximum absolute atomic E-state index is 14.6. The zero-order chi connectivity index (χ0) is 22.7. The highest BCUT2D eigenvalue weighted by Gasteiger charge is 2.13. The fraction of sp³-hybridized carbons (Fsp3) is 0.304. The Balaban J connectivity index is 1.77. The summed E-state index contributed by atoms with van der Waals surface area (Å²) in [5.41, 5.74) is 4.21. The molecule has 3 aromatic rings. The van der Waals surface area contributed by atoms with Gasteiger partial charge in [0.05, 0.1) is 18.6 Å². The highest BCUT2D eigenvalue weighted by molar-refractivity contribution is 7.90. The zero-order valence-electron chi connectivity index (χ0n) is 18.1. The van der Waals surface area contributed by atoms with E-state index in [9.17, 15) is 8.60 Å². The van der Waals surface area contributed by atoms with Crippen molar-refractivity contribution in [2.45, 2.75) is 25.5 Å². The van der Waals surface area contributed by atoms with Crippen molar-refractivity contribution >= 4 is 27.1 Å². The third kappa shape index (κ3) is 5.53. The largest absolute Gasteiger partial charge is 0.494 e. The van der Waals surface area contributed by atoms with Gasteiger partial charge in [-0.2, -0.15) is 0 Å². The third-order valence-corrected chi connectivity index (χ3v) is 5.96. The Kier molecular flexibility index (Phi) is 6.27. The van der Waals surface area contributed by atoms with Crippen molar-refractivity contribution in [3.8, 4) is 17.0 Å². The van der Waals surface area contributed by atoms with E-state index in [1.165, 1.54) is 6.26 Å². The van der Waals surface area contributed by atoms with E-state index in [1.807, 2.05) is 25.1 Å². The molecule has 3 N–H and O–H groups in total. The molecule has 4 rings (SSSR count). The lowest BCUT2D eigenvalue weighted by molar-refractivity contribution is 0.308. The molecule has 6 bridgehead atoms. The Morgan fingerprint density at radius 3 is 2.88 bits per heavy atom. The third-order valence-electron chi connectivity index (χ3n) is 5.07. The van der Waals surface area contributed by atoms with Gasteiger partial charge < -0.3 is 15.4 Å². The highest BCUT2D eigenvalue weighted by atomic mass is 32.2. The van der Waals surface area contributed by atoms with Crippen molar-refractivity contribution < 1.29 is 13.3 Å². The number of nitrogens with zero attached hydrogens (tertiary/aromatic N) is 2. The normalized spacial score (nSPS) is 15.6. The quantitative estimate of drug-likeness (QED) is 0.497. The van der Waals surface area contributed by atoms with E-state index in [1.54, 1.807) is 18.2 Å². The molecule has 1 aliphatic heterocycles. The van der Waals surface area contributed by atoms with Crippen molar-refractivity contribution in [1.82, 2.24) is 9.97 Å². The average molecular weight is 456 g/mol. The van der Waals surface area contributed by atoms with Gasteiger partial charge in [0.2, 0.25) is 5.95 Å². The van der Waals surface area contributed by atoms with Crippen molar-refractivity contribution in [1.29, 1.82) is 4.78 Å². The molecule has 0 amide bonds. The lowest BCUT2D eigenvalue weighted by atomic mass is 10.1. The number of nitrogens with one attached hydrogen (secondary N) is 3. The number of aryl methyl sites for hydroxylation is 1. The SMILES string of the molecule is Cc1ccc2cc1NCCCCOc1cc(CS(C)(=N)=O)cc(c1)Nc1ncc(F)c-2n1. The predicted molar refractivity (Wildman–Crippen MR) is 126 cm³/mol. The number of benzene rings is 2. The van der Waals surface area contributed by atoms with E-state index in [0.29, 0.717) is 29.2 Å². The molecular weight excluding hydrogens is 429 g/mol. The number of rotatable bonds is 2. The van der Waals surface area contributed by atoms with Crippen molar-refractivity contribution in [2.75, 3.05) is 30.0 Å². The summed E-state index contributed by atoms with van der Waals surface area (Å²) in [5.74, 6) is 0.431. The lowest BCUT2D eigenvalue weighted by Gasteiger charge is -2.15. The summed E-state index contributed by atoms with van der Waals surface area (Å²) in [6.07, 6.45) is 4.30. The van der Waals surface area contributed by atoms with E-state index in [0.717, 1.165) is 36.8 Å². The van der Waals surface area contributed by atoms with Crippen LogP contribution in [-0.4, -0.2) is 33.6 Å². The van der Waals surface area contributed by atoms with Crippen LogP contribution in [0.3, 0.4) is 0 Å². The van der Waals surface area contributed by atoms with E-state index in [-0.39, 0.29) is 17.4 Å². The van der Waals surface area contributed by atoms with Gasteiger partial charge in [-0.25, -0.2) is 18.6 Å². The summed E-state index contributed by atoms with van der Waals surface area (Å²) in [7, 11) is -2.73. The van der Waals surface area contributed by atoms with Crippen LogP contribution in [0.15, 0.2) is 42.6 Å². The molecule has 0 saturated carbocycles. The minimum absolute atomic E-state index is 0.102. The van der Waals surface area contributed by atoms with Crippen LogP contribution in [-0.2, 0) is 15.5 Å². The molecule has 32 heavy (non-hydrogen) atoms. The predicted octanol–water partition coefficient (Wildman–Crippen LogP) is 5.10. The van der Waals surface area contributed by atoms with Crippen molar-refractivity contribution in [3.05, 3.63) is 59.5 Å². The molecule has 0 radical (unpaired) electrons. The molecule has 2 aromatic carbocycles. The number of halogens is 1. The van der Waals surface area contributed by atoms with Crippen molar-refractivity contribution in [2.24, 2.45) is 0 Å². The number of fused-ring (bicyclic) bond motifs is 7. The first-order valence-electron chi connectivity index (χ1n) is 10.4. The fourth-order valence-corrected chi connectivity index (χ4v) is 4.38. The minimum Gasteiger partial charge on any atom is -0.494 e. The molecule has 0 saturated heterocycles. The van der Waals surface area contributed by atoms with Gasteiger partial charge in [0.25, 0.3) is 0 Å². The standard InChI is InChI=1S/C23H26FN5O2S/c1-15-5-6-17-11-21(15)26-7-3-4-8-31-19-10-16(14-32(2,25)30)9-18(12-19)28-23-27-13-20(24)22(17)29-23/h5-6,9-13,25-26H,3-4,7-8,14H2,1-2H3,(H,27,28,29). The molecule has 7 nitrogen and oxygen atoms in total. The molecule has 9 heteroatoms. The summed E-state index contributed by atoms with van der Waals surface area (Å²) in [6.45, 7) is 3.30. The van der Waals surface area contributed by atoms with Crippen molar-refractivity contribution in [3.63, 3.8) is 0 Å². The first-order valence-corrected chi connectivity index (χ1v) is 12.5. The number of anilines is 3. The molecule has 0 spiro atoms. The van der Waals surface area contributed by atoms with Gasteiger partial charge in [-0.1, -0.05) is 12.1 Å². The molecule has 0 aliphatic carbocycles. The topological polar surface area (TPSA) is 100.0 Å². The highest BCUT2D eigenvalue weighted by Crippen LogP contribution is 2.29. The van der Waals surface area contributed by atoms with Crippen LogP contribution < -0.4 is 15.4 Å².